The summed E-state index contributed by atoms with van der Waals surface area (Å²) in [7, 11) is 2.98. The number of aryl methyl sites for hydroxylation is 1. The molecule has 6 nitrogen and oxygen atoms in total. The van der Waals surface area contributed by atoms with E-state index in [1.807, 2.05) is 0 Å². The van der Waals surface area contributed by atoms with Crippen molar-refractivity contribution in [2.75, 3.05) is 0 Å². The summed E-state index contributed by atoms with van der Waals surface area (Å²) in [6, 6.07) is 0. The molecule has 6 heteroatoms. The van der Waals surface area contributed by atoms with Gasteiger partial charge >= 0.3 is 11.7 Å². The first-order chi connectivity index (χ1) is 11.6. The lowest BCUT2D eigenvalue weighted by Gasteiger charge is -2.61. The number of fused-ring (bicyclic) bond motifs is 2. The molecular weight excluding hydrogens is 320 g/mol. The highest BCUT2D eigenvalue weighted by Gasteiger charge is 2.57. The number of aromatic nitrogens is 2. The van der Waals surface area contributed by atoms with Gasteiger partial charge in [-0.25, -0.2) is 9.59 Å². The van der Waals surface area contributed by atoms with Crippen LogP contribution in [0.15, 0.2) is 21.9 Å². The van der Waals surface area contributed by atoms with Gasteiger partial charge in [0.1, 0.15) is 6.10 Å². The van der Waals surface area contributed by atoms with Crippen LogP contribution in [-0.4, -0.2) is 21.2 Å². The molecule has 4 atom stereocenters. The van der Waals surface area contributed by atoms with E-state index in [9.17, 15) is 14.4 Å². The van der Waals surface area contributed by atoms with Gasteiger partial charge in [-0.05, 0) is 42.1 Å². The predicted octanol–water partition coefficient (Wildman–Crippen LogP) is 1.71. The summed E-state index contributed by atoms with van der Waals surface area (Å²) in [6.07, 6.45) is 6.20. The Labute approximate surface area is 147 Å². The van der Waals surface area contributed by atoms with Crippen molar-refractivity contribution in [2.45, 2.75) is 39.7 Å². The molecule has 0 unspecified atom stereocenters. The highest BCUT2D eigenvalue weighted by atomic mass is 16.5. The van der Waals surface area contributed by atoms with E-state index in [1.165, 1.54) is 36.4 Å². The van der Waals surface area contributed by atoms with E-state index < -0.39 is 17.2 Å². The summed E-state index contributed by atoms with van der Waals surface area (Å²) in [4.78, 5) is 35.9. The lowest BCUT2D eigenvalue weighted by molar-refractivity contribution is -0.182. The number of hydrogen-bond acceptors (Lipinski definition) is 4. The molecule has 1 aromatic rings. The molecule has 3 aliphatic rings. The van der Waals surface area contributed by atoms with Gasteiger partial charge in [-0.1, -0.05) is 20.8 Å². The van der Waals surface area contributed by atoms with Crippen LogP contribution < -0.4 is 11.2 Å². The molecule has 1 heterocycles. The van der Waals surface area contributed by atoms with Gasteiger partial charge in [0.15, 0.2) is 0 Å². The Morgan fingerprint density at radius 1 is 1.28 bits per heavy atom. The Morgan fingerprint density at radius 3 is 2.56 bits per heavy atom. The molecule has 0 aromatic carbocycles. The largest absolute Gasteiger partial charge is 0.459 e. The van der Waals surface area contributed by atoms with E-state index in [1.54, 1.807) is 7.05 Å². The van der Waals surface area contributed by atoms with Crippen LogP contribution in [0.5, 0.6) is 0 Å². The predicted molar refractivity (Wildman–Crippen MR) is 95.0 cm³/mol. The maximum atomic E-state index is 12.2. The molecule has 3 saturated carbocycles. The van der Waals surface area contributed by atoms with E-state index in [2.05, 4.69) is 20.8 Å². The Balaban J connectivity index is 1.69. The molecule has 1 aromatic heterocycles. The van der Waals surface area contributed by atoms with Crippen LogP contribution in [0.4, 0.5) is 0 Å². The summed E-state index contributed by atoms with van der Waals surface area (Å²) >= 11 is 0. The average molecular weight is 346 g/mol. The maximum absolute atomic E-state index is 12.2. The molecule has 0 amide bonds. The van der Waals surface area contributed by atoms with Crippen molar-refractivity contribution in [3.8, 4) is 0 Å². The number of hydrogen-bond donors (Lipinski definition) is 0. The zero-order valence-electron chi connectivity index (χ0n) is 15.5. The molecule has 3 fully saturated rings. The Bertz CT molecular complexity index is 846. The molecule has 2 bridgehead atoms. The van der Waals surface area contributed by atoms with Crippen LogP contribution in [0.3, 0.4) is 0 Å². The summed E-state index contributed by atoms with van der Waals surface area (Å²) in [5.41, 5.74) is -0.204. The quantitative estimate of drug-likeness (QED) is 0.617. The van der Waals surface area contributed by atoms with Gasteiger partial charge in [-0.15, -0.1) is 0 Å². The van der Waals surface area contributed by atoms with Gasteiger partial charge in [-0.3, -0.25) is 9.36 Å². The van der Waals surface area contributed by atoms with Crippen LogP contribution in [-0.2, 0) is 23.6 Å². The summed E-state index contributed by atoms with van der Waals surface area (Å²) in [6.45, 7) is 6.76. The third-order valence-electron chi connectivity index (χ3n) is 6.42. The van der Waals surface area contributed by atoms with E-state index in [0.29, 0.717) is 23.2 Å². The molecule has 25 heavy (non-hydrogen) atoms. The lowest BCUT2D eigenvalue weighted by atomic mass is 9.45. The SMILES string of the molecule is C[C@@H]1[C@@H](OC(=O)/C=C\c2cn(C)c(=O)n(C)c2=O)C[C@H]2C[C@H]1C2(C)C. The number of carbonyl (C=O) groups is 1. The second-order valence-electron chi connectivity index (χ2n) is 8.11. The number of rotatable bonds is 3. The molecule has 0 aliphatic heterocycles. The first kappa shape index (κ1) is 17.7. The Hall–Kier alpha value is -2.11. The molecule has 0 saturated heterocycles. The van der Waals surface area contributed by atoms with Crippen LogP contribution in [0.25, 0.3) is 6.08 Å². The highest BCUT2D eigenvalue weighted by Crippen LogP contribution is 2.61. The normalized spacial score (nSPS) is 30.1. The van der Waals surface area contributed by atoms with Crippen molar-refractivity contribution >= 4 is 12.0 Å². The van der Waals surface area contributed by atoms with Gasteiger partial charge < -0.3 is 9.30 Å². The van der Waals surface area contributed by atoms with Crippen LogP contribution in [0.1, 0.15) is 39.2 Å². The second kappa shape index (κ2) is 6.00. The topological polar surface area (TPSA) is 70.3 Å². The first-order valence-corrected chi connectivity index (χ1v) is 8.78. The minimum atomic E-state index is -0.438. The molecular formula is C19H26N2O4. The number of carbonyl (C=O) groups excluding carboxylic acids is 1. The van der Waals surface area contributed by atoms with E-state index in [0.717, 1.165) is 11.0 Å². The number of ether oxygens (including phenoxy) is 1. The molecule has 136 valence electrons. The van der Waals surface area contributed by atoms with Crippen molar-refractivity contribution in [2.24, 2.45) is 37.3 Å². The molecule has 0 N–H and O–H groups in total. The third kappa shape index (κ3) is 2.87. The van der Waals surface area contributed by atoms with Crippen LogP contribution in [0, 0.1) is 23.2 Å². The highest BCUT2D eigenvalue weighted by molar-refractivity contribution is 5.87. The minimum Gasteiger partial charge on any atom is -0.459 e. The van der Waals surface area contributed by atoms with E-state index >= 15 is 0 Å². The van der Waals surface area contributed by atoms with Crippen LogP contribution >= 0.6 is 0 Å². The fourth-order valence-electron chi connectivity index (χ4n) is 4.55. The van der Waals surface area contributed by atoms with Gasteiger partial charge in [0.05, 0.1) is 5.56 Å². The second-order valence-corrected chi connectivity index (χ2v) is 8.11. The van der Waals surface area contributed by atoms with Gasteiger partial charge in [-0.2, -0.15) is 0 Å². The average Bonchev–Trinajstić information content (AvgIpc) is 2.56. The minimum absolute atomic E-state index is 0.0584. The fourth-order valence-corrected chi connectivity index (χ4v) is 4.55. The van der Waals surface area contributed by atoms with Gasteiger partial charge in [0.25, 0.3) is 5.56 Å². The van der Waals surface area contributed by atoms with Crippen molar-refractivity contribution in [3.63, 3.8) is 0 Å². The van der Waals surface area contributed by atoms with Gasteiger partial charge in [0.2, 0.25) is 0 Å². The number of nitrogens with zero attached hydrogens (tertiary/aromatic N) is 2. The lowest BCUT2D eigenvalue weighted by Crippen LogP contribution is -2.57. The van der Waals surface area contributed by atoms with E-state index in [4.69, 9.17) is 4.74 Å². The zero-order valence-corrected chi connectivity index (χ0v) is 15.5. The van der Waals surface area contributed by atoms with Crippen LogP contribution in [0.2, 0.25) is 0 Å². The smallest absolute Gasteiger partial charge is 0.331 e. The molecule has 3 aliphatic carbocycles. The van der Waals surface area contributed by atoms with Crippen molar-refractivity contribution < 1.29 is 9.53 Å². The number of esters is 1. The summed E-state index contributed by atoms with van der Waals surface area (Å²) < 4.78 is 7.97. The molecule has 0 spiro atoms. The Kier molecular flexibility index (Phi) is 4.25. The summed E-state index contributed by atoms with van der Waals surface area (Å²) in [5, 5.41) is 0. The van der Waals surface area contributed by atoms with Crippen molar-refractivity contribution in [1.29, 1.82) is 0 Å². The fraction of sp³-hybridized carbons (Fsp3) is 0.632. The van der Waals surface area contributed by atoms with E-state index in [-0.39, 0.29) is 11.7 Å². The van der Waals surface area contributed by atoms with Crippen molar-refractivity contribution in [3.05, 3.63) is 38.7 Å². The van der Waals surface area contributed by atoms with Crippen molar-refractivity contribution in [1.82, 2.24) is 9.13 Å². The molecule has 0 radical (unpaired) electrons. The monoisotopic (exact) mass is 346 g/mol. The van der Waals surface area contributed by atoms with Gasteiger partial charge in [0, 0.05) is 26.4 Å². The molecule has 4 rings (SSSR count). The zero-order chi connectivity index (χ0) is 18.5. The maximum Gasteiger partial charge on any atom is 0.331 e. The Morgan fingerprint density at radius 2 is 1.96 bits per heavy atom. The standard InChI is InChI=1S/C19H26N2O4/c1-11-14-8-13(19(14,2)3)9-15(11)25-16(22)7-6-12-10-20(4)18(24)21(5)17(12)23/h6-7,10-11,13-15H,8-9H2,1-5H3/b7-6-/t11-,13+,14+,15-/m0/s1. The third-order valence-corrected chi connectivity index (χ3v) is 6.42. The summed E-state index contributed by atoms with van der Waals surface area (Å²) in [5.74, 6) is 1.13. The first-order valence-electron chi connectivity index (χ1n) is 8.78.